The SMILES string of the molecule is CCn1nccc1C(=O)N[C@H](c1cn2nc(C[C@H]3C[C@@H](C(F)(F)F)CNC3=O)cnc2n1)[C@H]1CCCC(F)(F)C1. The highest BCUT2D eigenvalue weighted by molar-refractivity contribution is 5.92. The Labute approximate surface area is 225 Å². The number of carbonyl (C=O) groups excluding carboxylic acids is 2. The van der Waals surface area contributed by atoms with Gasteiger partial charge in [-0.15, -0.1) is 0 Å². The van der Waals surface area contributed by atoms with E-state index in [1.54, 1.807) is 0 Å². The number of aryl methyl sites for hydroxylation is 1. The summed E-state index contributed by atoms with van der Waals surface area (Å²) in [4.78, 5) is 34.1. The molecule has 1 saturated heterocycles. The third-order valence-corrected chi connectivity index (χ3v) is 7.64. The second-order valence-corrected chi connectivity index (χ2v) is 10.5. The fraction of sp³-hybridized carbons (Fsp3) is 0.600. The number of piperidine rings is 1. The van der Waals surface area contributed by atoms with Crippen LogP contribution in [0.5, 0.6) is 0 Å². The van der Waals surface area contributed by atoms with Crippen molar-refractivity contribution < 1.29 is 31.5 Å². The maximum absolute atomic E-state index is 14.4. The Bertz CT molecular complexity index is 1390. The minimum Gasteiger partial charge on any atom is -0.355 e. The number of halogens is 5. The first-order chi connectivity index (χ1) is 18.9. The number of fused-ring (bicyclic) bond motifs is 1. The third-order valence-electron chi connectivity index (χ3n) is 7.64. The average molecular weight is 569 g/mol. The minimum atomic E-state index is -4.43. The van der Waals surface area contributed by atoms with Crippen LogP contribution >= 0.6 is 0 Å². The number of nitrogens with one attached hydrogen (secondary N) is 2. The lowest BCUT2D eigenvalue weighted by Gasteiger charge is -2.34. The molecule has 0 bridgehead atoms. The summed E-state index contributed by atoms with van der Waals surface area (Å²) in [5.74, 6) is -6.92. The van der Waals surface area contributed by atoms with E-state index < -0.39 is 60.7 Å². The monoisotopic (exact) mass is 568 g/mol. The van der Waals surface area contributed by atoms with Gasteiger partial charge in [0.15, 0.2) is 0 Å². The molecule has 10 nitrogen and oxygen atoms in total. The molecule has 1 saturated carbocycles. The molecule has 3 aromatic heterocycles. The number of hydrogen-bond acceptors (Lipinski definition) is 6. The fourth-order valence-electron chi connectivity index (χ4n) is 5.58. The normalized spacial score (nSPS) is 24.1. The van der Waals surface area contributed by atoms with Crippen LogP contribution < -0.4 is 10.6 Å². The summed E-state index contributed by atoms with van der Waals surface area (Å²) in [5, 5.41) is 13.6. The van der Waals surface area contributed by atoms with Gasteiger partial charge in [-0.05, 0) is 38.2 Å². The van der Waals surface area contributed by atoms with E-state index in [1.165, 1.54) is 33.9 Å². The first-order valence-electron chi connectivity index (χ1n) is 13.2. The van der Waals surface area contributed by atoms with E-state index in [9.17, 15) is 31.5 Å². The molecule has 1 aliphatic carbocycles. The van der Waals surface area contributed by atoms with E-state index in [0.29, 0.717) is 13.0 Å². The number of imidazole rings is 1. The lowest BCUT2D eigenvalue weighted by molar-refractivity contribution is -0.183. The van der Waals surface area contributed by atoms with Gasteiger partial charge in [-0.25, -0.2) is 23.3 Å². The molecule has 4 atom stereocenters. The van der Waals surface area contributed by atoms with E-state index in [0.717, 1.165) is 0 Å². The maximum atomic E-state index is 14.4. The minimum absolute atomic E-state index is 0.0646. The summed E-state index contributed by atoms with van der Waals surface area (Å²) < 4.78 is 71.2. The molecule has 4 heterocycles. The van der Waals surface area contributed by atoms with Crippen LogP contribution in [0.1, 0.15) is 66.9 Å². The van der Waals surface area contributed by atoms with Crippen LogP contribution in [-0.2, 0) is 17.8 Å². The van der Waals surface area contributed by atoms with Gasteiger partial charge in [0.2, 0.25) is 11.8 Å². The largest absolute Gasteiger partial charge is 0.393 e. The highest BCUT2D eigenvalue weighted by atomic mass is 19.4. The molecule has 5 rings (SSSR count). The number of carbonyl (C=O) groups is 2. The molecule has 2 fully saturated rings. The molecule has 2 N–H and O–H groups in total. The fourth-order valence-corrected chi connectivity index (χ4v) is 5.58. The Morgan fingerprint density at radius 1 is 1.32 bits per heavy atom. The summed E-state index contributed by atoms with van der Waals surface area (Å²) in [7, 11) is 0. The standard InChI is InChI=1S/C25H29F5N8O2/c1-2-37-19(5-7-33-37)22(40)35-20(14-4-3-6-24(26,27)10-14)18-13-38-23(34-18)32-12-17(36-38)9-15-8-16(25(28,29)30)11-31-21(15)39/h5,7,12-16,20H,2-4,6,8-11H2,1H3,(H,31,39)(H,35,40)/t14-,15+,16+,20-/m0/s1. The highest BCUT2D eigenvalue weighted by Crippen LogP contribution is 2.42. The summed E-state index contributed by atoms with van der Waals surface area (Å²) in [6, 6.07) is 0.664. The van der Waals surface area contributed by atoms with E-state index in [-0.39, 0.29) is 48.5 Å². The summed E-state index contributed by atoms with van der Waals surface area (Å²) in [6.07, 6.45) is -0.488. The van der Waals surface area contributed by atoms with Crippen molar-refractivity contribution in [2.75, 3.05) is 6.54 Å². The quantitative estimate of drug-likeness (QED) is 0.422. The van der Waals surface area contributed by atoms with Crippen LogP contribution in [0.2, 0.25) is 0 Å². The number of rotatable bonds is 7. The van der Waals surface area contributed by atoms with E-state index in [1.807, 2.05) is 6.92 Å². The molecule has 0 radical (unpaired) electrons. The van der Waals surface area contributed by atoms with Crippen molar-refractivity contribution in [3.63, 3.8) is 0 Å². The van der Waals surface area contributed by atoms with Crippen LogP contribution in [0.4, 0.5) is 22.0 Å². The van der Waals surface area contributed by atoms with Crippen molar-refractivity contribution in [3.8, 4) is 0 Å². The molecule has 0 unspecified atom stereocenters. The molecule has 0 spiro atoms. The van der Waals surface area contributed by atoms with Gasteiger partial charge in [0, 0.05) is 44.5 Å². The van der Waals surface area contributed by atoms with Gasteiger partial charge in [-0.2, -0.15) is 23.4 Å². The van der Waals surface area contributed by atoms with Crippen molar-refractivity contribution in [2.24, 2.45) is 17.8 Å². The van der Waals surface area contributed by atoms with Gasteiger partial charge in [-0.1, -0.05) is 0 Å². The van der Waals surface area contributed by atoms with Crippen LogP contribution in [-0.4, -0.2) is 59.8 Å². The van der Waals surface area contributed by atoms with Crippen LogP contribution in [0.3, 0.4) is 0 Å². The van der Waals surface area contributed by atoms with Gasteiger partial charge < -0.3 is 10.6 Å². The smallest absolute Gasteiger partial charge is 0.355 e. The highest BCUT2D eigenvalue weighted by Gasteiger charge is 2.45. The average Bonchev–Trinajstić information content (AvgIpc) is 3.54. The maximum Gasteiger partial charge on any atom is 0.393 e. The van der Waals surface area contributed by atoms with Crippen molar-refractivity contribution in [1.29, 1.82) is 0 Å². The molecule has 2 aliphatic rings. The molecular formula is C25H29F5N8O2. The third kappa shape index (κ3) is 5.92. The number of nitrogens with zero attached hydrogens (tertiary/aromatic N) is 6. The topological polar surface area (TPSA) is 119 Å². The predicted octanol–water partition coefficient (Wildman–Crippen LogP) is 3.49. The second-order valence-electron chi connectivity index (χ2n) is 10.5. The second kappa shape index (κ2) is 10.7. The molecule has 15 heteroatoms. The lowest BCUT2D eigenvalue weighted by atomic mass is 9.80. The number of alkyl halides is 5. The van der Waals surface area contributed by atoms with Crippen molar-refractivity contribution in [3.05, 3.63) is 41.7 Å². The van der Waals surface area contributed by atoms with Crippen molar-refractivity contribution in [1.82, 2.24) is 40.0 Å². The molecular weight excluding hydrogens is 539 g/mol. The zero-order valence-electron chi connectivity index (χ0n) is 21.7. The van der Waals surface area contributed by atoms with Crippen molar-refractivity contribution in [2.45, 2.75) is 70.1 Å². The Hall–Kier alpha value is -3.65. The number of aromatic nitrogens is 6. The van der Waals surface area contributed by atoms with E-state index in [2.05, 4.69) is 30.8 Å². The first-order valence-corrected chi connectivity index (χ1v) is 13.2. The zero-order chi connectivity index (χ0) is 28.7. The predicted molar refractivity (Wildman–Crippen MR) is 130 cm³/mol. The van der Waals surface area contributed by atoms with Gasteiger partial charge in [-0.3, -0.25) is 14.3 Å². The number of amides is 2. The molecule has 216 valence electrons. The molecule has 3 aromatic rings. The molecule has 40 heavy (non-hydrogen) atoms. The summed E-state index contributed by atoms with van der Waals surface area (Å²) in [6.45, 7) is 1.80. The molecule has 2 amide bonds. The van der Waals surface area contributed by atoms with E-state index >= 15 is 0 Å². The zero-order valence-corrected chi connectivity index (χ0v) is 21.7. The first kappa shape index (κ1) is 27.9. The van der Waals surface area contributed by atoms with Gasteiger partial charge in [0.05, 0.1) is 35.7 Å². The number of hydrogen-bond donors (Lipinski definition) is 2. The Kier molecular flexibility index (Phi) is 7.48. The summed E-state index contributed by atoms with van der Waals surface area (Å²) >= 11 is 0. The van der Waals surface area contributed by atoms with Crippen LogP contribution in [0, 0.1) is 17.8 Å². The van der Waals surface area contributed by atoms with Gasteiger partial charge in [0.25, 0.3) is 11.7 Å². The van der Waals surface area contributed by atoms with Crippen LogP contribution in [0.25, 0.3) is 5.78 Å². The van der Waals surface area contributed by atoms with Crippen molar-refractivity contribution >= 4 is 17.6 Å². The molecule has 1 aliphatic heterocycles. The lowest BCUT2D eigenvalue weighted by Crippen LogP contribution is -2.47. The van der Waals surface area contributed by atoms with Gasteiger partial charge >= 0.3 is 6.18 Å². The summed E-state index contributed by atoms with van der Waals surface area (Å²) in [5.41, 5.74) is 0.833. The van der Waals surface area contributed by atoms with Gasteiger partial charge in [0.1, 0.15) is 5.69 Å². The van der Waals surface area contributed by atoms with Crippen LogP contribution in [0.15, 0.2) is 24.7 Å². The Balaban J connectivity index is 1.41. The Morgan fingerprint density at radius 2 is 2.12 bits per heavy atom. The Morgan fingerprint density at radius 3 is 2.85 bits per heavy atom. The molecule has 0 aromatic carbocycles. The van der Waals surface area contributed by atoms with E-state index in [4.69, 9.17) is 0 Å².